The number of carbonyl (C=O) groups excluding carboxylic acids is 1. The van der Waals surface area contributed by atoms with Crippen molar-refractivity contribution in [3.8, 4) is 0 Å². The van der Waals surface area contributed by atoms with Crippen molar-refractivity contribution in [2.45, 2.75) is 18.7 Å². The largest absolute Gasteiger partial charge is 0.322 e. The summed E-state index contributed by atoms with van der Waals surface area (Å²) in [5.74, 6) is -0.179. The van der Waals surface area contributed by atoms with Crippen molar-refractivity contribution in [3.63, 3.8) is 0 Å². The molecule has 1 fully saturated rings. The molecule has 1 aliphatic heterocycles. The minimum Gasteiger partial charge on any atom is -0.322 e. The lowest BCUT2D eigenvalue weighted by molar-refractivity contribution is 0.102. The highest BCUT2D eigenvalue weighted by molar-refractivity contribution is 7.89. The number of hydrogen-bond acceptors (Lipinski definition) is 5. The molecule has 0 saturated carbocycles. The van der Waals surface area contributed by atoms with Gasteiger partial charge in [-0.1, -0.05) is 0 Å². The van der Waals surface area contributed by atoms with Crippen molar-refractivity contribution in [1.29, 1.82) is 0 Å². The van der Waals surface area contributed by atoms with Gasteiger partial charge in [-0.25, -0.2) is 8.42 Å². The molecule has 6 nitrogen and oxygen atoms in total. The zero-order chi connectivity index (χ0) is 18.9. The summed E-state index contributed by atoms with van der Waals surface area (Å²) in [6, 6.07) is 8.23. The molecule has 26 heavy (non-hydrogen) atoms. The molecule has 2 heterocycles. The number of piperazine rings is 1. The van der Waals surface area contributed by atoms with Gasteiger partial charge in [0.25, 0.3) is 5.91 Å². The van der Waals surface area contributed by atoms with Crippen molar-refractivity contribution in [1.82, 2.24) is 9.21 Å². The zero-order valence-electron chi connectivity index (χ0n) is 15.2. The maximum Gasteiger partial charge on any atom is 0.256 e. The first-order valence-corrected chi connectivity index (χ1v) is 10.7. The summed E-state index contributed by atoms with van der Waals surface area (Å²) in [6.07, 6.45) is 0. The van der Waals surface area contributed by atoms with Gasteiger partial charge in [0.05, 0.1) is 10.5 Å². The smallest absolute Gasteiger partial charge is 0.256 e. The van der Waals surface area contributed by atoms with Crippen LogP contribution in [0, 0.1) is 13.8 Å². The second-order valence-electron chi connectivity index (χ2n) is 6.51. The van der Waals surface area contributed by atoms with Gasteiger partial charge in [0, 0.05) is 41.6 Å². The van der Waals surface area contributed by atoms with Gasteiger partial charge >= 0.3 is 0 Å². The van der Waals surface area contributed by atoms with Crippen molar-refractivity contribution >= 4 is 33.0 Å². The molecule has 2 aromatic rings. The minimum atomic E-state index is -3.49. The Labute approximate surface area is 158 Å². The summed E-state index contributed by atoms with van der Waals surface area (Å²) in [5.41, 5.74) is 1.23. The fourth-order valence-corrected chi connectivity index (χ4v) is 5.29. The highest BCUT2D eigenvalue weighted by Gasteiger charge is 2.27. The molecule has 0 unspecified atom stereocenters. The second-order valence-corrected chi connectivity index (χ2v) is 9.91. The van der Waals surface area contributed by atoms with E-state index in [-0.39, 0.29) is 10.8 Å². The number of thiophene rings is 1. The minimum absolute atomic E-state index is 0.179. The maximum absolute atomic E-state index is 12.7. The van der Waals surface area contributed by atoms with Gasteiger partial charge in [-0.05, 0) is 51.2 Å². The first-order chi connectivity index (χ1) is 12.3. The van der Waals surface area contributed by atoms with Crippen LogP contribution in [0.15, 0.2) is 35.2 Å². The highest BCUT2D eigenvalue weighted by Crippen LogP contribution is 2.23. The Morgan fingerprint density at radius 3 is 2.23 bits per heavy atom. The molecule has 1 aromatic heterocycles. The normalized spacial score (nSPS) is 16.6. The number of anilines is 1. The van der Waals surface area contributed by atoms with Crippen LogP contribution in [-0.4, -0.2) is 56.8 Å². The number of nitrogens with one attached hydrogen (secondary N) is 1. The van der Waals surface area contributed by atoms with Crippen LogP contribution in [0.25, 0.3) is 0 Å². The van der Waals surface area contributed by atoms with E-state index >= 15 is 0 Å². The predicted octanol–water partition coefficient (Wildman–Crippen LogP) is 2.55. The number of aryl methyl sites for hydroxylation is 2. The Bertz CT molecular complexity index is 896. The standard InChI is InChI=1S/C18H23N3O3S2/c1-13-12-17(14(2)25-13)18(22)19-15-4-6-16(7-5-15)26(23,24)21-10-8-20(3)9-11-21/h4-7,12H,8-11H2,1-3H3,(H,19,22). The number of sulfonamides is 1. The SMILES string of the molecule is Cc1cc(C(=O)Nc2ccc(S(=O)(=O)N3CCN(C)CC3)cc2)c(C)s1. The molecule has 0 atom stereocenters. The van der Waals surface area contributed by atoms with E-state index in [9.17, 15) is 13.2 Å². The van der Waals surface area contributed by atoms with Gasteiger partial charge in [0.15, 0.2) is 0 Å². The quantitative estimate of drug-likeness (QED) is 0.867. The Balaban J connectivity index is 1.72. The third-order valence-electron chi connectivity index (χ3n) is 4.50. The Kier molecular flexibility index (Phi) is 5.47. The molecule has 1 aliphatic rings. The van der Waals surface area contributed by atoms with Crippen LogP contribution in [0.2, 0.25) is 0 Å². The highest BCUT2D eigenvalue weighted by atomic mass is 32.2. The number of rotatable bonds is 4. The van der Waals surface area contributed by atoms with Crippen LogP contribution in [-0.2, 0) is 10.0 Å². The molecule has 3 rings (SSSR count). The molecule has 0 aliphatic carbocycles. The summed E-state index contributed by atoms with van der Waals surface area (Å²) in [5, 5.41) is 2.83. The molecule has 8 heteroatoms. The summed E-state index contributed by atoms with van der Waals surface area (Å²) in [4.78, 5) is 16.8. The van der Waals surface area contributed by atoms with Crippen LogP contribution in [0.1, 0.15) is 20.1 Å². The second kappa shape index (κ2) is 7.48. The molecular weight excluding hydrogens is 370 g/mol. The van der Waals surface area contributed by atoms with Crippen LogP contribution < -0.4 is 5.32 Å². The number of amides is 1. The molecule has 0 bridgehead atoms. The Morgan fingerprint density at radius 2 is 1.69 bits per heavy atom. The van der Waals surface area contributed by atoms with E-state index in [0.29, 0.717) is 24.3 Å². The third-order valence-corrected chi connectivity index (χ3v) is 7.38. The first kappa shape index (κ1) is 19.0. The fourth-order valence-electron chi connectivity index (χ4n) is 2.94. The van der Waals surface area contributed by atoms with Gasteiger partial charge in [-0.15, -0.1) is 11.3 Å². The third kappa shape index (κ3) is 3.98. The van der Waals surface area contributed by atoms with E-state index in [2.05, 4.69) is 10.2 Å². The van der Waals surface area contributed by atoms with Crippen LogP contribution in [0.3, 0.4) is 0 Å². The fraction of sp³-hybridized carbons (Fsp3) is 0.389. The molecule has 1 amide bonds. The van der Waals surface area contributed by atoms with Crippen molar-refractivity contribution < 1.29 is 13.2 Å². The number of benzene rings is 1. The van der Waals surface area contributed by atoms with Gasteiger partial charge in [0.1, 0.15) is 0 Å². The zero-order valence-corrected chi connectivity index (χ0v) is 16.8. The molecule has 0 radical (unpaired) electrons. The topological polar surface area (TPSA) is 69.7 Å². The number of carbonyl (C=O) groups is 1. The molecule has 140 valence electrons. The monoisotopic (exact) mass is 393 g/mol. The van der Waals surface area contributed by atoms with Crippen molar-refractivity contribution in [2.75, 3.05) is 38.5 Å². The summed E-state index contributed by atoms with van der Waals surface area (Å²) < 4.78 is 26.9. The van der Waals surface area contributed by atoms with Crippen LogP contribution in [0.4, 0.5) is 5.69 Å². The Morgan fingerprint density at radius 1 is 1.08 bits per heavy atom. The molecule has 1 saturated heterocycles. The predicted molar refractivity (Wildman–Crippen MR) is 104 cm³/mol. The van der Waals surface area contributed by atoms with Gasteiger partial charge in [0.2, 0.25) is 10.0 Å². The van der Waals surface area contributed by atoms with Gasteiger partial charge < -0.3 is 10.2 Å². The Hall–Kier alpha value is -1.74. The number of hydrogen-bond donors (Lipinski definition) is 1. The molecular formula is C18H23N3O3S2. The summed E-state index contributed by atoms with van der Waals surface area (Å²) in [7, 11) is -1.51. The summed E-state index contributed by atoms with van der Waals surface area (Å²) >= 11 is 1.58. The number of nitrogens with zero attached hydrogens (tertiary/aromatic N) is 2. The molecule has 0 spiro atoms. The maximum atomic E-state index is 12.7. The first-order valence-electron chi connectivity index (χ1n) is 8.44. The number of likely N-dealkylation sites (N-methyl/N-ethyl adjacent to an activating group) is 1. The lowest BCUT2D eigenvalue weighted by Crippen LogP contribution is -2.46. The van der Waals surface area contributed by atoms with E-state index in [1.807, 2.05) is 27.0 Å². The van der Waals surface area contributed by atoms with Crippen molar-refractivity contribution in [2.24, 2.45) is 0 Å². The van der Waals surface area contributed by atoms with E-state index in [4.69, 9.17) is 0 Å². The van der Waals surface area contributed by atoms with Crippen LogP contribution in [0.5, 0.6) is 0 Å². The van der Waals surface area contributed by atoms with E-state index in [0.717, 1.165) is 22.8 Å². The average Bonchev–Trinajstić information content (AvgIpc) is 2.94. The molecule has 1 N–H and O–H groups in total. The lowest BCUT2D eigenvalue weighted by Gasteiger charge is -2.31. The van der Waals surface area contributed by atoms with Crippen molar-refractivity contribution in [3.05, 3.63) is 45.6 Å². The summed E-state index contributed by atoms with van der Waals surface area (Å²) in [6.45, 7) is 6.33. The van der Waals surface area contributed by atoms with E-state index < -0.39 is 10.0 Å². The average molecular weight is 394 g/mol. The lowest BCUT2D eigenvalue weighted by atomic mass is 10.2. The van der Waals surface area contributed by atoms with Gasteiger partial charge in [-0.3, -0.25) is 4.79 Å². The molecule has 1 aromatic carbocycles. The van der Waals surface area contributed by atoms with Gasteiger partial charge in [-0.2, -0.15) is 4.31 Å². The van der Waals surface area contributed by atoms with Crippen LogP contribution >= 0.6 is 11.3 Å². The van der Waals surface area contributed by atoms with E-state index in [1.54, 1.807) is 35.6 Å². The van der Waals surface area contributed by atoms with E-state index in [1.165, 1.54) is 4.31 Å².